The molecule has 0 unspecified atom stereocenters. The number of aliphatic carboxylic acids is 1. The number of carbonyl (C=O) groups excluding carboxylic acids is 4. The van der Waals surface area contributed by atoms with E-state index in [0.717, 1.165) is 19.3 Å². The number of allylic oxidation sites excluding steroid dienone is 1. The van der Waals surface area contributed by atoms with Crippen molar-refractivity contribution in [3.8, 4) is 5.75 Å². The van der Waals surface area contributed by atoms with Gasteiger partial charge in [0.15, 0.2) is 0 Å². The van der Waals surface area contributed by atoms with Gasteiger partial charge in [-0.15, -0.1) is 0 Å². The van der Waals surface area contributed by atoms with E-state index in [1.807, 2.05) is 12.2 Å². The van der Waals surface area contributed by atoms with Crippen LogP contribution in [0.15, 0.2) is 36.4 Å². The minimum absolute atomic E-state index is 0.00865. The molecule has 0 radical (unpaired) electrons. The van der Waals surface area contributed by atoms with E-state index in [-0.39, 0.29) is 31.2 Å². The normalized spacial score (nSPS) is 27.9. The molecular formula is C31H42N4O8. The minimum atomic E-state index is -1.44. The fourth-order valence-electron chi connectivity index (χ4n) is 5.67. The molecule has 1 saturated carbocycles. The Balaban J connectivity index is 1.59. The lowest BCUT2D eigenvalue weighted by Gasteiger charge is -2.30. The smallest absolute Gasteiger partial charge is 0.408 e. The lowest BCUT2D eigenvalue weighted by Crippen LogP contribution is -2.56. The second kappa shape index (κ2) is 13.0. The molecule has 4 amide bonds. The van der Waals surface area contributed by atoms with E-state index in [1.165, 1.54) is 12.0 Å². The van der Waals surface area contributed by atoms with Crippen LogP contribution in [-0.2, 0) is 19.1 Å². The number of carboxylic acids is 1. The van der Waals surface area contributed by atoms with Gasteiger partial charge in [0.05, 0.1) is 7.11 Å². The van der Waals surface area contributed by atoms with Crippen LogP contribution in [0.2, 0.25) is 0 Å². The summed E-state index contributed by atoms with van der Waals surface area (Å²) >= 11 is 0. The predicted octanol–water partition coefficient (Wildman–Crippen LogP) is 2.77. The molecule has 12 nitrogen and oxygen atoms in total. The predicted molar refractivity (Wildman–Crippen MR) is 156 cm³/mol. The van der Waals surface area contributed by atoms with Gasteiger partial charge in [0.25, 0.3) is 5.91 Å². The third kappa shape index (κ3) is 7.85. The topological polar surface area (TPSA) is 163 Å². The first-order valence-corrected chi connectivity index (χ1v) is 14.8. The van der Waals surface area contributed by atoms with E-state index in [4.69, 9.17) is 9.47 Å². The van der Waals surface area contributed by atoms with E-state index in [0.29, 0.717) is 24.2 Å². The number of carbonyl (C=O) groups is 5. The van der Waals surface area contributed by atoms with Crippen LogP contribution in [0.5, 0.6) is 5.75 Å². The monoisotopic (exact) mass is 598 g/mol. The van der Waals surface area contributed by atoms with Gasteiger partial charge < -0.3 is 35.4 Å². The number of hydrogen-bond acceptors (Lipinski definition) is 7. The molecule has 2 heterocycles. The van der Waals surface area contributed by atoms with Gasteiger partial charge in [-0.1, -0.05) is 25.0 Å². The molecule has 0 spiro atoms. The summed E-state index contributed by atoms with van der Waals surface area (Å²) in [5, 5.41) is 18.3. The maximum Gasteiger partial charge on any atom is 0.408 e. The van der Waals surface area contributed by atoms with Crippen molar-refractivity contribution in [2.75, 3.05) is 13.7 Å². The summed E-state index contributed by atoms with van der Waals surface area (Å²) in [5.74, 6) is -2.38. The molecule has 12 heteroatoms. The highest BCUT2D eigenvalue weighted by molar-refractivity contribution is 5.97. The number of amides is 4. The van der Waals surface area contributed by atoms with Crippen LogP contribution in [0.25, 0.3) is 0 Å². The molecule has 1 aliphatic carbocycles. The number of nitrogens with zero attached hydrogens (tertiary/aromatic N) is 1. The Kier molecular flexibility index (Phi) is 9.66. The Hall–Kier alpha value is -4.09. The first-order chi connectivity index (χ1) is 20.3. The van der Waals surface area contributed by atoms with Crippen LogP contribution < -0.4 is 20.7 Å². The summed E-state index contributed by atoms with van der Waals surface area (Å²) in [7, 11) is 1.52. The van der Waals surface area contributed by atoms with Crippen molar-refractivity contribution in [1.82, 2.24) is 20.9 Å². The molecule has 5 atom stereocenters. The molecule has 1 saturated heterocycles. The number of nitrogens with one attached hydrogen (secondary N) is 3. The molecule has 4 rings (SSSR count). The van der Waals surface area contributed by atoms with Crippen molar-refractivity contribution in [3.63, 3.8) is 0 Å². The Morgan fingerprint density at radius 2 is 1.79 bits per heavy atom. The average Bonchev–Trinajstić information content (AvgIpc) is 3.48. The second-order valence-electron chi connectivity index (χ2n) is 12.5. The Morgan fingerprint density at radius 3 is 2.44 bits per heavy atom. The molecular weight excluding hydrogens is 556 g/mol. The summed E-state index contributed by atoms with van der Waals surface area (Å²) < 4.78 is 10.6. The van der Waals surface area contributed by atoms with Crippen molar-refractivity contribution in [3.05, 3.63) is 42.0 Å². The third-order valence-electron chi connectivity index (χ3n) is 8.04. The van der Waals surface area contributed by atoms with Crippen LogP contribution in [0.4, 0.5) is 4.79 Å². The number of fused-ring (bicyclic) bond motifs is 2. The number of ether oxygens (including phenoxy) is 2. The van der Waals surface area contributed by atoms with Crippen molar-refractivity contribution in [2.45, 2.75) is 95.0 Å². The maximum absolute atomic E-state index is 14.0. The van der Waals surface area contributed by atoms with Crippen LogP contribution in [0.3, 0.4) is 0 Å². The summed E-state index contributed by atoms with van der Waals surface area (Å²) in [5.41, 5.74) is -1.85. The van der Waals surface area contributed by atoms with E-state index in [2.05, 4.69) is 16.0 Å². The summed E-state index contributed by atoms with van der Waals surface area (Å²) in [6, 6.07) is 3.92. The Morgan fingerprint density at radius 1 is 1.07 bits per heavy atom. The van der Waals surface area contributed by atoms with Crippen LogP contribution in [-0.4, -0.2) is 82.7 Å². The zero-order valence-electron chi connectivity index (χ0n) is 25.2. The van der Waals surface area contributed by atoms with Crippen LogP contribution >= 0.6 is 0 Å². The molecule has 234 valence electrons. The zero-order chi connectivity index (χ0) is 31.4. The Labute approximate surface area is 251 Å². The number of rotatable bonds is 5. The fraction of sp³-hybridized carbons (Fsp3) is 0.581. The Bertz CT molecular complexity index is 1260. The number of methoxy groups -OCH3 is 1. The van der Waals surface area contributed by atoms with Crippen LogP contribution in [0.1, 0.15) is 76.1 Å². The third-order valence-corrected chi connectivity index (χ3v) is 8.04. The average molecular weight is 599 g/mol. The molecule has 3 aliphatic rings. The molecule has 0 bridgehead atoms. The van der Waals surface area contributed by atoms with E-state index < -0.39 is 53.1 Å². The van der Waals surface area contributed by atoms with Crippen molar-refractivity contribution < 1.29 is 38.6 Å². The van der Waals surface area contributed by atoms with E-state index in [9.17, 15) is 29.1 Å². The van der Waals surface area contributed by atoms with Gasteiger partial charge in [-0.05, 0) is 77.1 Å². The van der Waals surface area contributed by atoms with Gasteiger partial charge in [0.2, 0.25) is 11.8 Å². The fourth-order valence-corrected chi connectivity index (χ4v) is 5.67. The summed E-state index contributed by atoms with van der Waals surface area (Å²) in [4.78, 5) is 67.0. The van der Waals surface area contributed by atoms with Gasteiger partial charge >= 0.3 is 12.1 Å². The highest BCUT2D eigenvalue weighted by atomic mass is 16.6. The lowest BCUT2D eigenvalue weighted by molar-refractivity contribution is -0.145. The van der Waals surface area contributed by atoms with E-state index >= 15 is 0 Å². The summed E-state index contributed by atoms with van der Waals surface area (Å²) in [6.45, 7) is 5.17. The molecule has 2 aliphatic heterocycles. The first-order valence-electron chi connectivity index (χ1n) is 14.8. The molecule has 0 aromatic heterocycles. The van der Waals surface area contributed by atoms with Gasteiger partial charge in [-0.3, -0.25) is 14.4 Å². The maximum atomic E-state index is 14.0. The molecule has 43 heavy (non-hydrogen) atoms. The highest BCUT2D eigenvalue weighted by Crippen LogP contribution is 2.45. The number of hydrogen-bond donors (Lipinski definition) is 4. The van der Waals surface area contributed by atoms with Gasteiger partial charge in [-0.25, -0.2) is 9.59 Å². The van der Waals surface area contributed by atoms with Gasteiger partial charge in [0, 0.05) is 24.1 Å². The van der Waals surface area contributed by atoms with Gasteiger partial charge in [0.1, 0.15) is 29.0 Å². The number of alkyl carbamates (subject to hydrolysis) is 1. The lowest BCUT2D eigenvalue weighted by atomic mass is 10.0. The SMILES string of the molecule is COc1ccc(C(=O)N[C@@H]2C[C@H]3C(=O)N[C@]4(C(=O)O)C[C@H]4C=CCCCCC[C@H](NC(=O)OC(C)(C)C)C(=O)N3C2)cc1. The number of carboxylic acid groups (broad SMARTS) is 1. The van der Waals surface area contributed by atoms with E-state index in [1.54, 1.807) is 45.0 Å². The first kappa shape index (κ1) is 31.8. The summed E-state index contributed by atoms with van der Waals surface area (Å²) in [6.07, 6.45) is 6.70. The van der Waals surface area contributed by atoms with Crippen molar-refractivity contribution in [2.24, 2.45) is 5.92 Å². The second-order valence-corrected chi connectivity index (χ2v) is 12.5. The quantitative estimate of drug-likeness (QED) is 0.376. The number of benzene rings is 1. The molecule has 1 aromatic rings. The minimum Gasteiger partial charge on any atom is -0.497 e. The molecule has 4 N–H and O–H groups in total. The molecule has 1 aromatic carbocycles. The standard InChI is InChI=1S/C31H42N4O8/c1-30(2,3)43-29(41)33-23-11-9-7-5-6-8-10-20-17-31(20,28(39)40)34-26(37)24-16-21(18-35(24)27(23)38)32-25(36)19-12-14-22(42-4)15-13-19/h8,10,12-15,20-21,23-24H,5-7,9,11,16-18H2,1-4H3,(H,32,36)(H,33,41)(H,34,37)(H,39,40)/t20-,21-,23+,24+,31-/m1/s1. The molecule has 2 fully saturated rings. The van der Waals surface area contributed by atoms with Crippen LogP contribution in [0, 0.1) is 5.92 Å². The van der Waals surface area contributed by atoms with Crippen molar-refractivity contribution in [1.29, 1.82) is 0 Å². The van der Waals surface area contributed by atoms with Crippen molar-refractivity contribution >= 4 is 29.8 Å². The highest BCUT2D eigenvalue weighted by Gasteiger charge is 2.61. The van der Waals surface area contributed by atoms with Gasteiger partial charge in [-0.2, -0.15) is 0 Å². The largest absolute Gasteiger partial charge is 0.497 e. The zero-order valence-corrected chi connectivity index (χ0v) is 25.2.